The topological polar surface area (TPSA) is 39.9 Å². The molecule has 0 bridgehead atoms. The van der Waals surface area contributed by atoms with Crippen molar-refractivity contribution < 1.29 is 4.74 Å². The van der Waals surface area contributed by atoms with E-state index in [4.69, 9.17) is 16.3 Å². The Balaban J connectivity index is 2.69. The summed E-state index contributed by atoms with van der Waals surface area (Å²) in [6, 6.07) is 0. The van der Waals surface area contributed by atoms with E-state index in [-0.39, 0.29) is 0 Å². The van der Waals surface area contributed by atoms with E-state index in [1.165, 1.54) is 11.0 Å². The van der Waals surface area contributed by atoms with Gasteiger partial charge in [-0.3, -0.25) is 0 Å². The summed E-state index contributed by atoms with van der Waals surface area (Å²) in [5, 5.41) is 4.10. The molecule has 0 aromatic carbocycles. The van der Waals surface area contributed by atoms with Gasteiger partial charge in [0.1, 0.15) is 13.1 Å². The van der Waals surface area contributed by atoms with Crippen molar-refractivity contribution in [3.63, 3.8) is 0 Å². The van der Waals surface area contributed by atoms with Gasteiger partial charge < -0.3 is 4.74 Å². The first-order valence-electron chi connectivity index (χ1n) is 2.37. The lowest BCUT2D eigenvalue weighted by atomic mass is 11.1. The van der Waals surface area contributed by atoms with Crippen molar-refractivity contribution in [2.75, 3.05) is 7.11 Å². The highest BCUT2D eigenvalue weighted by molar-refractivity contribution is 6.28. The molecular weight excluding hydrogens is 142 g/mol. The number of nitrogens with zero attached hydrogens (tertiary/aromatic N) is 3. The molecule has 0 aliphatic rings. The Hall–Kier alpha value is -0.610. The summed E-state index contributed by atoms with van der Waals surface area (Å²) >= 11 is 5.53. The van der Waals surface area contributed by atoms with Crippen molar-refractivity contribution in [1.82, 2.24) is 14.8 Å². The van der Waals surface area contributed by atoms with Gasteiger partial charge in [0.25, 0.3) is 0 Å². The highest BCUT2D eigenvalue weighted by Gasteiger charge is 1.96. The first kappa shape index (κ1) is 6.51. The van der Waals surface area contributed by atoms with Crippen molar-refractivity contribution in [2.24, 2.45) is 0 Å². The molecule has 0 spiro atoms. The highest BCUT2D eigenvalue weighted by atomic mass is 35.5. The summed E-state index contributed by atoms with van der Waals surface area (Å²) < 4.78 is 6.19. The van der Waals surface area contributed by atoms with Crippen LogP contribution in [-0.2, 0) is 11.5 Å². The third kappa shape index (κ3) is 1.40. The predicted octanol–water partition coefficient (Wildman–Crippen LogP) is 0.535. The Morgan fingerprint density at radius 1 is 1.89 bits per heavy atom. The van der Waals surface area contributed by atoms with E-state index in [1.54, 1.807) is 7.11 Å². The molecule has 0 atom stereocenters. The van der Waals surface area contributed by atoms with Crippen molar-refractivity contribution in [2.45, 2.75) is 6.73 Å². The number of hydrogen-bond donors (Lipinski definition) is 0. The van der Waals surface area contributed by atoms with Crippen molar-refractivity contribution in [3.05, 3.63) is 11.6 Å². The molecule has 0 saturated heterocycles. The highest BCUT2D eigenvalue weighted by Crippen LogP contribution is 1.99. The van der Waals surface area contributed by atoms with Crippen molar-refractivity contribution in [1.29, 1.82) is 0 Å². The third-order valence-electron chi connectivity index (χ3n) is 0.820. The van der Waals surface area contributed by atoms with Crippen LogP contribution in [0.25, 0.3) is 0 Å². The maximum absolute atomic E-state index is 5.53. The summed E-state index contributed by atoms with van der Waals surface area (Å²) in [5.41, 5.74) is 0. The smallest absolute Gasteiger partial charge is 0.223 e. The number of rotatable bonds is 2. The number of methoxy groups -OCH3 is 1. The average Bonchev–Trinajstić information content (AvgIpc) is 2.18. The molecule has 50 valence electrons. The standard InChI is InChI=1S/C4H6ClN3O/c1-9-3-8-4(5)6-2-7-8/h2H,3H2,1H3. The zero-order valence-corrected chi connectivity index (χ0v) is 5.67. The number of ether oxygens (including phenoxy) is 1. The Bertz CT molecular complexity index is 188. The Morgan fingerprint density at radius 2 is 2.67 bits per heavy atom. The molecular formula is C4H6ClN3O. The molecule has 1 heterocycles. The second-order valence-corrected chi connectivity index (χ2v) is 1.78. The van der Waals surface area contributed by atoms with Crippen LogP contribution in [0.15, 0.2) is 6.33 Å². The van der Waals surface area contributed by atoms with Crippen LogP contribution in [0.2, 0.25) is 5.28 Å². The van der Waals surface area contributed by atoms with E-state index >= 15 is 0 Å². The first-order chi connectivity index (χ1) is 4.34. The minimum Gasteiger partial charge on any atom is -0.362 e. The van der Waals surface area contributed by atoms with Crippen LogP contribution in [0.4, 0.5) is 0 Å². The zero-order valence-electron chi connectivity index (χ0n) is 4.91. The fourth-order valence-corrected chi connectivity index (χ4v) is 0.595. The third-order valence-corrected chi connectivity index (χ3v) is 1.11. The van der Waals surface area contributed by atoms with Crippen LogP contribution < -0.4 is 0 Å². The SMILES string of the molecule is COCn1ncnc1Cl. The van der Waals surface area contributed by atoms with E-state index in [1.807, 2.05) is 0 Å². The summed E-state index contributed by atoms with van der Waals surface area (Å²) in [7, 11) is 1.57. The van der Waals surface area contributed by atoms with Crippen LogP contribution in [0.1, 0.15) is 0 Å². The monoisotopic (exact) mass is 147 g/mol. The van der Waals surface area contributed by atoms with Gasteiger partial charge in [-0.2, -0.15) is 5.10 Å². The largest absolute Gasteiger partial charge is 0.362 e. The predicted molar refractivity (Wildman–Crippen MR) is 32.0 cm³/mol. The fourth-order valence-electron chi connectivity index (χ4n) is 0.459. The number of halogens is 1. The van der Waals surface area contributed by atoms with E-state index in [0.29, 0.717) is 12.0 Å². The summed E-state index contributed by atoms with van der Waals surface area (Å²) in [5.74, 6) is 0. The molecule has 9 heavy (non-hydrogen) atoms. The number of hydrogen-bond acceptors (Lipinski definition) is 3. The minimum absolute atomic E-state index is 0.344. The maximum Gasteiger partial charge on any atom is 0.223 e. The van der Waals surface area contributed by atoms with Gasteiger partial charge in [0.15, 0.2) is 0 Å². The molecule has 4 nitrogen and oxygen atoms in total. The molecule has 0 radical (unpaired) electrons. The van der Waals surface area contributed by atoms with Gasteiger partial charge in [0.2, 0.25) is 5.28 Å². The molecule has 5 heteroatoms. The van der Waals surface area contributed by atoms with E-state index in [9.17, 15) is 0 Å². The lowest BCUT2D eigenvalue weighted by Crippen LogP contribution is -2.01. The van der Waals surface area contributed by atoms with Crippen LogP contribution in [0.5, 0.6) is 0 Å². The zero-order chi connectivity index (χ0) is 6.69. The summed E-state index contributed by atoms with van der Waals surface area (Å²) in [6.45, 7) is 0.346. The molecule has 0 amide bonds. The average molecular weight is 148 g/mol. The molecule has 1 rings (SSSR count). The van der Waals surface area contributed by atoms with Gasteiger partial charge in [0.05, 0.1) is 0 Å². The minimum atomic E-state index is 0.344. The van der Waals surface area contributed by atoms with Gasteiger partial charge in [-0.25, -0.2) is 9.67 Å². The summed E-state index contributed by atoms with van der Waals surface area (Å²) in [4.78, 5) is 3.67. The van der Waals surface area contributed by atoms with E-state index in [2.05, 4.69) is 10.1 Å². The van der Waals surface area contributed by atoms with E-state index < -0.39 is 0 Å². The normalized spacial score (nSPS) is 10.0. The lowest BCUT2D eigenvalue weighted by Gasteiger charge is -1.96. The van der Waals surface area contributed by atoms with Gasteiger partial charge >= 0.3 is 0 Å². The van der Waals surface area contributed by atoms with Gasteiger partial charge in [-0.05, 0) is 11.6 Å². The molecule has 1 aromatic rings. The first-order valence-corrected chi connectivity index (χ1v) is 2.74. The van der Waals surface area contributed by atoms with Crippen LogP contribution in [0.3, 0.4) is 0 Å². The second kappa shape index (κ2) is 2.80. The molecule has 0 fully saturated rings. The maximum atomic E-state index is 5.53. The molecule has 0 aliphatic carbocycles. The van der Waals surface area contributed by atoms with E-state index in [0.717, 1.165) is 0 Å². The molecule has 1 aromatic heterocycles. The summed E-state index contributed by atoms with van der Waals surface area (Å²) in [6.07, 6.45) is 1.38. The number of aromatic nitrogens is 3. The fraction of sp³-hybridized carbons (Fsp3) is 0.500. The van der Waals surface area contributed by atoms with Crippen LogP contribution in [0, 0.1) is 0 Å². The van der Waals surface area contributed by atoms with Crippen LogP contribution >= 0.6 is 11.6 Å². The Labute approximate surface area is 57.4 Å². The molecule has 0 N–H and O–H groups in total. The quantitative estimate of drug-likeness (QED) is 0.613. The van der Waals surface area contributed by atoms with Crippen molar-refractivity contribution in [3.8, 4) is 0 Å². The van der Waals surface area contributed by atoms with Crippen molar-refractivity contribution >= 4 is 11.6 Å². The van der Waals surface area contributed by atoms with Gasteiger partial charge in [-0.1, -0.05) is 0 Å². The Kier molecular flexibility index (Phi) is 2.02. The lowest BCUT2D eigenvalue weighted by molar-refractivity contribution is 0.120. The second-order valence-electron chi connectivity index (χ2n) is 1.45. The van der Waals surface area contributed by atoms with Crippen LogP contribution in [-0.4, -0.2) is 21.9 Å². The molecule has 0 unspecified atom stereocenters. The molecule has 0 aliphatic heterocycles. The van der Waals surface area contributed by atoms with Gasteiger partial charge in [-0.15, -0.1) is 0 Å². The van der Waals surface area contributed by atoms with Gasteiger partial charge in [0, 0.05) is 7.11 Å². The Morgan fingerprint density at radius 3 is 3.11 bits per heavy atom. The molecule has 0 saturated carbocycles.